The largest absolute Gasteiger partial charge is 0.330 e. The van der Waals surface area contributed by atoms with Crippen molar-refractivity contribution < 1.29 is 0 Å². The van der Waals surface area contributed by atoms with E-state index < -0.39 is 0 Å². The van der Waals surface area contributed by atoms with E-state index in [1.165, 1.54) is 5.56 Å². The van der Waals surface area contributed by atoms with Crippen molar-refractivity contribution in [1.82, 2.24) is 0 Å². The predicted octanol–water partition coefficient (Wildman–Crippen LogP) is 2.71. The van der Waals surface area contributed by atoms with Gasteiger partial charge in [0, 0.05) is 23.0 Å². The molecule has 0 bridgehead atoms. The van der Waals surface area contributed by atoms with Gasteiger partial charge in [-0.3, -0.25) is 0 Å². The fraction of sp³-hybridized carbons (Fsp3) is 0.333. The molecule has 0 aliphatic rings. The predicted molar refractivity (Wildman–Crippen MR) is 64.1 cm³/mol. The molecule has 1 nitrogen and oxygen atoms in total. The van der Waals surface area contributed by atoms with E-state index >= 15 is 0 Å². The van der Waals surface area contributed by atoms with Crippen molar-refractivity contribution in [2.45, 2.75) is 19.8 Å². The first-order valence-corrected chi connectivity index (χ1v) is 5.54. The van der Waals surface area contributed by atoms with E-state index in [0.29, 0.717) is 6.54 Å². The molecule has 0 saturated carbocycles. The minimum Gasteiger partial charge on any atom is -0.330 e. The van der Waals surface area contributed by atoms with Crippen molar-refractivity contribution >= 4 is 15.9 Å². The summed E-state index contributed by atoms with van der Waals surface area (Å²) in [6, 6.07) is 6.19. The first-order valence-electron chi connectivity index (χ1n) is 4.75. The second-order valence-electron chi connectivity index (χ2n) is 3.00. The summed E-state index contributed by atoms with van der Waals surface area (Å²) in [4.78, 5) is 0. The summed E-state index contributed by atoms with van der Waals surface area (Å²) >= 11 is 3.45. The van der Waals surface area contributed by atoms with Gasteiger partial charge in [-0.15, -0.1) is 0 Å². The standard InChI is InChI=1S/C12H14BrN/c1-2-10-9-12(13)7-6-11(10)5-3-4-8-14/h6-7,9H,2,4,8,14H2,1H3. The first kappa shape index (κ1) is 11.3. The summed E-state index contributed by atoms with van der Waals surface area (Å²) in [5.41, 5.74) is 7.77. The second kappa shape index (κ2) is 5.85. The molecule has 0 saturated heterocycles. The summed E-state index contributed by atoms with van der Waals surface area (Å²) in [6.07, 6.45) is 1.77. The van der Waals surface area contributed by atoms with Crippen molar-refractivity contribution in [1.29, 1.82) is 0 Å². The molecule has 0 radical (unpaired) electrons. The highest BCUT2D eigenvalue weighted by atomic mass is 79.9. The molecule has 0 aliphatic carbocycles. The molecule has 1 aromatic rings. The molecule has 0 fully saturated rings. The summed E-state index contributed by atoms with van der Waals surface area (Å²) < 4.78 is 1.11. The van der Waals surface area contributed by atoms with E-state index in [-0.39, 0.29) is 0 Å². The van der Waals surface area contributed by atoms with Gasteiger partial charge in [0.25, 0.3) is 0 Å². The SMILES string of the molecule is CCc1cc(Br)ccc1C#CCCN. The number of hydrogen-bond acceptors (Lipinski definition) is 1. The van der Waals surface area contributed by atoms with Crippen LogP contribution in [-0.4, -0.2) is 6.54 Å². The average Bonchev–Trinajstić information content (AvgIpc) is 2.20. The van der Waals surface area contributed by atoms with Crippen LogP contribution in [0.2, 0.25) is 0 Å². The molecule has 0 aliphatic heterocycles. The highest BCUT2D eigenvalue weighted by Crippen LogP contribution is 2.16. The van der Waals surface area contributed by atoms with E-state index in [1.54, 1.807) is 0 Å². The van der Waals surface area contributed by atoms with Gasteiger partial charge in [0.1, 0.15) is 0 Å². The van der Waals surface area contributed by atoms with Gasteiger partial charge < -0.3 is 5.73 Å². The number of benzene rings is 1. The zero-order valence-corrected chi connectivity index (χ0v) is 9.89. The highest BCUT2D eigenvalue weighted by molar-refractivity contribution is 9.10. The second-order valence-corrected chi connectivity index (χ2v) is 3.91. The lowest BCUT2D eigenvalue weighted by Gasteiger charge is -2.01. The Morgan fingerprint density at radius 2 is 2.21 bits per heavy atom. The molecule has 0 heterocycles. The Bertz CT molecular complexity index is 360. The summed E-state index contributed by atoms with van der Waals surface area (Å²) in [5.74, 6) is 6.20. The molecular weight excluding hydrogens is 238 g/mol. The Kier molecular flexibility index (Phi) is 4.72. The van der Waals surface area contributed by atoms with E-state index in [2.05, 4.69) is 40.8 Å². The van der Waals surface area contributed by atoms with Crippen molar-refractivity contribution in [2.24, 2.45) is 5.73 Å². The average molecular weight is 252 g/mol. The monoisotopic (exact) mass is 251 g/mol. The maximum Gasteiger partial charge on any atom is 0.0277 e. The van der Waals surface area contributed by atoms with Crippen molar-refractivity contribution in [3.8, 4) is 11.8 Å². The van der Waals surface area contributed by atoms with Gasteiger partial charge in [-0.2, -0.15) is 0 Å². The van der Waals surface area contributed by atoms with Crippen molar-refractivity contribution in [3.05, 3.63) is 33.8 Å². The van der Waals surface area contributed by atoms with Crippen molar-refractivity contribution in [3.63, 3.8) is 0 Å². The lowest BCUT2D eigenvalue weighted by molar-refractivity contribution is 1.03. The summed E-state index contributed by atoms with van der Waals surface area (Å²) in [7, 11) is 0. The topological polar surface area (TPSA) is 26.0 Å². The van der Waals surface area contributed by atoms with Gasteiger partial charge in [-0.1, -0.05) is 34.7 Å². The smallest absolute Gasteiger partial charge is 0.0277 e. The van der Waals surface area contributed by atoms with Gasteiger partial charge in [-0.25, -0.2) is 0 Å². The number of halogens is 1. The fourth-order valence-corrected chi connectivity index (χ4v) is 1.62. The van der Waals surface area contributed by atoms with E-state index in [1.807, 2.05) is 12.1 Å². The van der Waals surface area contributed by atoms with Crippen LogP contribution in [0.3, 0.4) is 0 Å². The lowest BCUT2D eigenvalue weighted by Crippen LogP contribution is -1.95. The third kappa shape index (κ3) is 3.17. The van der Waals surface area contributed by atoms with Crippen LogP contribution in [-0.2, 0) is 6.42 Å². The molecule has 0 aromatic heterocycles. The minimum absolute atomic E-state index is 0.630. The van der Waals surface area contributed by atoms with E-state index in [0.717, 1.165) is 22.9 Å². The zero-order chi connectivity index (χ0) is 10.4. The maximum atomic E-state index is 5.38. The van der Waals surface area contributed by atoms with E-state index in [4.69, 9.17) is 5.73 Å². The molecule has 0 atom stereocenters. The molecule has 14 heavy (non-hydrogen) atoms. The molecule has 2 heteroatoms. The van der Waals surface area contributed by atoms with Crippen LogP contribution in [0.1, 0.15) is 24.5 Å². The van der Waals surface area contributed by atoms with Crippen LogP contribution < -0.4 is 5.73 Å². The Morgan fingerprint density at radius 3 is 2.86 bits per heavy atom. The Labute approximate surface area is 93.8 Å². The third-order valence-corrected chi connectivity index (χ3v) is 2.43. The number of rotatable bonds is 2. The summed E-state index contributed by atoms with van der Waals surface area (Å²) in [5, 5.41) is 0. The molecule has 2 N–H and O–H groups in total. The number of nitrogens with two attached hydrogens (primary N) is 1. The van der Waals surface area contributed by atoms with Crippen LogP contribution in [0.15, 0.2) is 22.7 Å². The van der Waals surface area contributed by atoms with Crippen LogP contribution in [0, 0.1) is 11.8 Å². The van der Waals surface area contributed by atoms with Gasteiger partial charge in [0.15, 0.2) is 0 Å². The third-order valence-electron chi connectivity index (χ3n) is 1.94. The molecular formula is C12H14BrN. The minimum atomic E-state index is 0.630. The van der Waals surface area contributed by atoms with Crippen LogP contribution in [0.5, 0.6) is 0 Å². The van der Waals surface area contributed by atoms with Gasteiger partial charge in [0.2, 0.25) is 0 Å². The quantitative estimate of drug-likeness (QED) is 0.804. The Morgan fingerprint density at radius 1 is 1.43 bits per heavy atom. The van der Waals surface area contributed by atoms with Crippen LogP contribution >= 0.6 is 15.9 Å². The Balaban J connectivity index is 2.92. The van der Waals surface area contributed by atoms with Crippen LogP contribution in [0.4, 0.5) is 0 Å². The molecule has 0 spiro atoms. The molecule has 0 unspecified atom stereocenters. The fourth-order valence-electron chi connectivity index (χ4n) is 1.21. The van der Waals surface area contributed by atoms with Crippen LogP contribution in [0.25, 0.3) is 0 Å². The Hall–Kier alpha value is -0.780. The highest BCUT2D eigenvalue weighted by Gasteiger charge is 1.97. The summed E-state index contributed by atoms with van der Waals surface area (Å²) in [6.45, 7) is 2.76. The lowest BCUT2D eigenvalue weighted by atomic mass is 10.1. The number of hydrogen-bond donors (Lipinski definition) is 1. The van der Waals surface area contributed by atoms with Gasteiger partial charge in [0.05, 0.1) is 0 Å². The maximum absolute atomic E-state index is 5.38. The van der Waals surface area contributed by atoms with Crippen molar-refractivity contribution in [2.75, 3.05) is 6.54 Å². The first-order chi connectivity index (χ1) is 6.77. The van der Waals surface area contributed by atoms with E-state index in [9.17, 15) is 0 Å². The zero-order valence-electron chi connectivity index (χ0n) is 8.31. The molecule has 74 valence electrons. The molecule has 0 amide bonds. The molecule has 1 rings (SSSR count). The molecule has 1 aromatic carbocycles. The van der Waals surface area contributed by atoms with Gasteiger partial charge in [-0.05, 0) is 30.2 Å². The normalized spacial score (nSPS) is 9.36. The van der Waals surface area contributed by atoms with Gasteiger partial charge >= 0.3 is 0 Å². The number of aryl methyl sites for hydroxylation is 1.